The molecule has 9 heteroatoms. The number of carbonyl (C=O) groups is 2. The van der Waals surface area contributed by atoms with Crippen LogP contribution in [0.5, 0.6) is 23.0 Å². The van der Waals surface area contributed by atoms with E-state index in [1.54, 1.807) is 12.1 Å². The Morgan fingerprint density at radius 2 is 1.73 bits per heavy atom. The maximum atomic E-state index is 12.9. The molecule has 1 aliphatic heterocycles. The topological polar surface area (TPSA) is 113 Å². The third-order valence-electron chi connectivity index (χ3n) is 4.76. The lowest BCUT2D eigenvalue weighted by Gasteiger charge is -2.21. The van der Waals surface area contributed by atoms with Crippen molar-refractivity contribution < 1.29 is 38.5 Å². The van der Waals surface area contributed by atoms with Crippen molar-refractivity contribution in [3.8, 4) is 23.0 Å². The first-order valence-electron chi connectivity index (χ1n) is 8.79. The van der Waals surface area contributed by atoms with Crippen molar-refractivity contribution in [3.05, 3.63) is 52.6 Å². The Hall–Kier alpha value is -4.01. The highest BCUT2D eigenvalue weighted by Crippen LogP contribution is 2.41. The van der Waals surface area contributed by atoms with E-state index in [-0.39, 0.29) is 46.5 Å². The number of phenols is 1. The average molecular weight is 411 g/mol. The third kappa shape index (κ3) is 3.00. The maximum Gasteiger partial charge on any atom is 0.338 e. The van der Waals surface area contributed by atoms with Crippen LogP contribution in [0.25, 0.3) is 5.57 Å². The Morgan fingerprint density at radius 1 is 1.03 bits per heavy atom. The minimum Gasteiger partial charge on any atom is -0.504 e. The molecule has 9 nitrogen and oxygen atoms in total. The molecule has 0 spiro atoms. The molecule has 4 rings (SSSR count). The fraction of sp³-hybridized carbons (Fsp3) is 0.190. The van der Waals surface area contributed by atoms with Crippen LogP contribution in [0.15, 0.2) is 35.5 Å². The van der Waals surface area contributed by atoms with Crippen LogP contribution in [0, 0.1) is 0 Å². The molecule has 2 aromatic carbocycles. The van der Waals surface area contributed by atoms with Gasteiger partial charge in [-0.05, 0) is 30.3 Å². The van der Waals surface area contributed by atoms with E-state index >= 15 is 0 Å². The van der Waals surface area contributed by atoms with Gasteiger partial charge in [-0.15, -0.1) is 0 Å². The fourth-order valence-electron chi connectivity index (χ4n) is 3.39. The summed E-state index contributed by atoms with van der Waals surface area (Å²) in [6, 6.07) is 5.85. The Morgan fingerprint density at radius 3 is 2.37 bits per heavy atom. The van der Waals surface area contributed by atoms with Crippen molar-refractivity contribution in [2.75, 3.05) is 28.1 Å². The Labute approximate surface area is 171 Å². The summed E-state index contributed by atoms with van der Waals surface area (Å²) in [7, 11) is 3.95. The van der Waals surface area contributed by atoms with E-state index in [1.807, 2.05) is 0 Å². The summed E-state index contributed by atoms with van der Waals surface area (Å²) < 4.78 is 20.7. The number of carbonyl (C=O) groups excluding carboxylic acids is 2. The van der Waals surface area contributed by atoms with Crippen LogP contribution >= 0.6 is 0 Å². The van der Waals surface area contributed by atoms with Gasteiger partial charge in [-0.3, -0.25) is 4.79 Å². The monoisotopic (exact) mass is 411 g/mol. The highest BCUT2D eigenvalue weighted by atomic mass is 16.7. The molecule has 0 aromatic heterocycles. The highest BCUT2D eigenvalue weighted by Gasteiger charge is 2.32. The first-order chi connectivity index (χ1) is 14.5. The number of allylic oxidation sites excluding steroid dienone is 2. The van der Waals surface area contributed by atoms with Gasteiger partial charge in [0.05, 0.1) is 19.8 Å². The van der Waals surface area contributed by atoms with E-state index in [0.717, 1.165) is 0 Å². The zero-order chi connectivity index (χ0) is 21.4. The van der Waals surface area contributed by atoms with Crippen molar-refractivity contribution >= 4 is 23.0 Å². The first-order valence-corrected chi connectivity index (χ1v) is 8.79. The number of oxime groups is 1. The third-order valence-corrected chi connectivity index (χ3v) is 4.76. The van der Waals surface area contributed by atoms with Crippen LogP contribution in [0.3, 0.4) is 0 Å². The van der Waals surface area contributed by atoms with Crippen LogP contribution in [0.1, 0.15) is 31.8 Å². The van der Waals surface area contributed by atoms with E-state index < -0.39 is 5.97 Å². The largest absolute Gasteiger partial charge is 0.504 e. The molecule has 0 fully saturated rings. The van der Waals surface area contributed by atoms with Gasteiger partial charge in [-0.2, -0.15) is 0 Å². The van der Waals surface area contributed by atoms with Gasteiger partial charge in [0, 0.05) is 22.3 Å². The van der Waals surface area contributed by atoms with Crippen molar-refractivity contribution in [3.63, 3.8) is 0 Å². The number of nitrogens with zero attached hydrogens (tertiary/aromatic N) is 1. The summed E-state index contributed by atoms with van der Waals surface area (Å²) in [5, 5.41) is 14.4. The minimum atomic E-state index is -0.676. The molecule has 0 unspecified atom stereocenters. The van der Waals surface area contributed by atoms with Crippen LogP contribution in [-0.4, -0.2) is 50.7 Å². The van der Waals surface area contributed by atoms with Gasteiger partial charge in [-0.25, -0.2) is 4.79 Å². The van der Waals surface area contributed by atoms with Gasteiger partial charge < -0.3 is 28.9 Å². The Bertz CT molecular complexity index is 1130. The molecule has 30 heavy (non-hydrogen) atoms. The summed E-state index contributed by atoms with van der Waals surface area (Å²) in [6.07, 6.45) is 1.32. The van der Waals surface area contributed by atoms with E-state index in [9.17, 15) is 14.7 Å². The lowest BCUT2D eigenvalue weighted by Crippen LogP contribution is -2.19. The summed E-state index contributed by atoms with van der Waals surface area (Å²) in [5.74, 6) is -0.243. The van der Waals surface area contributed by atoms with Gasteiger partial charge in [0.15, 0.2) is 28.8 Å². The Kier molecular flexibility index (Phi) is 4.78. The predicted molar refractivity (Wildman–Crippen MR) is 104 cm³/mol. The van der Waals surface area contributed by atoms with Crippen LogP contribution in [0.2, 0.25) is 0 Å². The van der Waals surface area contributed by atoms with Gasteiger partial charge in [0.1, 0.15) is 12.8 Å². The summed E-state index contributed by atoms with van der Waals surface area (Å²) in [5.41, 5.74) is 1.64. The zero-order valence-corrected chi connectivity index (χ0v) is 16.3. The minimum absolute atomic E-state index is 0.0439. The molecule has 0 saturated heterocycles. The number of hydrogen-bond donors (Lipinski definition) is 1. The lowest BCUT2D eigenvalue weighted by atomic mass is 9.83. The van der Waals surface area contributed by atoms with Gasteiger partial charge in [-0.1, -0.05) is 5.16 Å². The van der Waals surface area contributed by atoms with Gasteiger partial charge >= 0.3 is 5.97 Å². The molecular weight excluding hydrogens is 394 g/mol. The predicted octanol–water partition coefficient (Wildman–Crippen LogP) is 2.55. The van der Waals surface area contributed by atoms with Crippen LogP contribution in [0.4, 0.5) is 0 Å². The number of hydrogen-bond acceptors (Lipinski definition) is 9. The number of aromatic hydroxyl groups is 1. The smallest absolute Gasteiger partial charge is 0.338 e. The molecule has 2 aromatic rings. The molecule has 0 bridgehead atoms. The molecule has 1 N–H and O–H groups in total. The number of methoxy groups -OCH3 is 2. The van der Waals surface area contributed by atoms with E-state index in [2.05, 4.69) is 5.16 Å². The summed E-state index contributed by atoms with van der Waals surface area (Å²) in [6.45, 7) is 0.0439. The van der Waals surface area contributed by atoms with E-state index in [0.29, 0.717) is 22.6 Å². The number of esters is 1. The second-order valence-corrected chi connectivity index (χ2v) is 6.36. The number of fused-ring (bicyclic) bond motifs is 2. The molecule has 1 aliphatic carbocycles. The number of benzene rings is 2. The summed E-state index contributed by atoms with van der Waals surface area (Å²) in [4.78, 5) is 30.3. The molecule has 1 heterocycles. The van der Waals surface area contributed by atoms with Crippen molar-refractivity contribution in [2.24, 2.45) is 5.16 Å². The molecule has 2 aliphatic rings. The second kappa shape index (κ2) is 7.43. The van der Waals surface area contributed by atoms with Crippen molar-refractivity contribution in [2.45, 2.75) is 0 Å². The molecular formula is C21H17NO8. The zero-order valence-electron chi connectivity index (χ0n) is 16.3. The molecule has 0 radical (unpaired) electrons. The van der Waals surface area contributed by atoms with Crippen molar-refractivity contribution in [1.29, 1.82) is 0 Å². The highest BCUT2D eigenvalue weighted by molar-refractivity contribution is 6.41. The molecule has 0 atom stereocenters. The lowest BCUT2D eigenvalue weighted by molar-refractivity contribution is 0.0599. The van der Waals surface area contributed by atoms with Gasteiger partial charge in [0.25, 0.3) is 0 Å². The standard InChI is InChI=1S/C21H17NO8/c1-26-17-8-14(21(25)27-2)10(4-16(17)24)12-5-15(23)11-6-18-19(30-9-29-18)7-13(11)20(12)22-28-3/h4-8,24H,9H2,1-3H3. The van der Waals surface area contributed by atoms with Crippen molar-refractivity contribution in [1.82, 2.24) is 0 Å². The Balaban J connectivity index is 1.96. The number of ether oxygens (including phenoxy) is 4. The first kappa shape index (κ1) is 19.3. The number of rotatable bonds is 4. The average Bonchev–Trinajstić information content (AvgIpc) is 3.21. The van der Waals surface area contributed by atoms with Gasteiger partial charge in [0.2, 0.25) is 6.79 Å². The SMILES string of the molecule is CON=C1C(c2cc(O)c(OC)cc2C(=O)OC)=CC(=O)c2cc3c(cc21)OCO3. The van der Waals surface area contributed by atoms with E-state index in [1.165, 1.54) is 39.5 Å². The fourth-order valence-corrected chi connectivity index (χ4v) is 3.39. The van der Waals surface area contributed by atoms with E-state index in [4.69, 9.17) is 23.8 Å². The maximum absolute atomic E-state index is 12.9. The molecule has 0 amide bonds. The molecule has 0 saturated carbocycles. The van der Waals surface area contributed by atoms with Crippen LogP contribution in [-0.2, 0) is 9.57 Å². The molecule has 154 valence electrons. The quantitative estimate of drug-likeness (QED) is 0.603. The normalized spacial score (nSPS) is 15.5. The second-order valence-electron chi connectivity index (χ2n) is 6.36. The van der Waals surface area contributed by atoms with Crippen LogP contribution < -0.4 is 14.2 Å². The number of ketones is 1. The summed E-state index contributed by atoms with van der Waals surface area (Å²) >= 11 is 0. The number of phenolic OH excluding ortho intramolecular Hbond substituents is 1.